The van der Waals surface area contributed by atoms with E-state index < -0.39 is 0 Å². The number of benzene rings is 1. The minimum atomic E-state index is -0.324. The Morgan fingerprint density at radius 1 is 1.29 bits per heavy atom. The van der Waals surface area contributed by atoms with Gasteiger partial charge in [-0.1, -0.05) is 6.92 Å². The van der Waals surface area contributed by atoms with E-state index in [2.05, 4.69) is 22.3 Å². The van der Waals surface area contributed by atoms with Crippen molar-refractivity contribution in [1.82, 2.24) is 20.1 Å². The van der Waals surface area contributed by atoms with Crippen LogP contribution in [0.15, 0.2) is 42.6 Å². The largest absolute Gasteiger partial charge is 0.350 e. The van der Waals surface area contributed by atoms with Crippen LogP contribution >= 0.6 is 11.8 Å². The van der Waals surface area contributed by atoms with E-state index in [1.54, 1.807) is 40.8 Å². The topological polar surface area (TPSA) is 59.8 Å². The maximum Gasteiger partial charge on any atom is 0.272 e. The fourth-order valence-corrected chi connectivity index (χ4v) is 2.88. The van der Waals surface area contributed by atoms with Crippen LogP contribution in [0, 0.1) is 5.82 Å². The van der Waals surface area contributed by atoms with E-state index in [9.17, 15) is 9.18 Å². The summed E-state index contributed by atoms with van der Waals surface area (Å²) in [6, 6.07) is 9.50. The number of hydrogen-bond donors (Lipinski definition) is 1. The van der Waals surface area contributed by atoms with Crippen molar-refractivity contribution in [2.75, 3.05) is 18.1 Å². The molecule has 1 aromatic carbocycles. The average molecular weight is 344 g/mol. The van der Waals surface area contributed by atoms with Gasteiger partial charge < -0.3 is 5.32 Å². The van der Waals surface area contributed by atoms with Gasteiger partial charge in [0.25, 0.3) is 5.91 Å². The van der Waals surface area contributed by atoms with Gasteiger partial charge in [0.2, 0.25) is 0 Å². The molecule has 0 fully saturated rings. The lowest BCUT2D eigenvalue weighted by molar-refractivity contribution is 0.0952. The molecule has 0 spiro atoms. The van der Waals surface area contributed by atoms with Crippen molar-refractivity contribution in [3.05, 3.63) is 54.1 Å². The minimum Gasteiger partial charge on any atom is -0.350 e. The van der Waals surface area contributed by atoms with Gasteiger partial charge in [0.1, 0.15) is 5.82 Å². The Balaban J connectivity index is 1.94. The van der Waals surface area contributed by atoms with E-state index in [0.29, 0.717) is 29.0 Å². The highest BCUT2D eigenvalue weighted by Crippen LogP contribution is 2.20. The fraction of sp³-hybridized carbons (Fsp3) is 0.235. The molecule has 2 aromatic heterocycles. The van der Waals surface area contributed by atoms with Crippen LogP contribution in [-0.2, 0) is 0 Å². The van der Waals surface area contributed by atoms with Crippen LogP contribution in [-0.4, -0.2) is 38.7 Å². The predicted molar refractivity (Wildman–Crippen MR) is 94.2 cm³/mol. The number of halogens is 1. The van der Waals surface area contributed by atoms with Gasteiger partial charge in [0, 0.05) is 18.5 Å². The van der Waals surface area contributed by atoms with Crippen LogP contribution in [0.4, 0.5) is 4.39 Å². The van der Waals surface area contributed by atoms with Crippen LogP contribution in [0.1, 0.15) is 17.4 Å². The summed E-state index contributed by atoms with van der Waals surface area (Å²) in [7, 11) is 0. The number of pyridine rings is 1. The molecule has 2 heterocycles. The molecule has 0 unspecified atom stereocenters. The molecule has 0 saturated carbocycles. The molecule has 1 N–H and O–H groups in total. The van der Waals surface area contributed by atoms with E-state index in [1.807, 2.05) is 6.07 Å². The summed E-state index contributed by atoms with van der Waals surface area (Å²) in [6.07, 6.45) is 1.64. The van der Waals surface area contributed by atoms with Crippen molar-refractivity contribution in [3.63, 3.8) is 0 Å². The first-order valence-electron chi connectivity index (χ1n) is 7.66. The van der Waals surface area contributed by atoms with Crippen molar-refractivity contribution in [3.8, 4) is 5.69 Å². The lowest BCUT2D eigenvalue weighted by Gasteiger charge is -2.03. The van der Waals surface area contributed by atoms with Crippen LogP contribution < -0.4 is 5.32 Å². The maximum absolute atomic E-state index is 13.1. The normalized spacial score (nSPS) is 10.9. The molecule has 3 aromatic rings. The third kappa shape index (κ3) is 3.41. The third-order valence-electron chi connectivity index (χ3n) is 3.46. The van der Waals surface area contributed by atoms with Gasteiger partial charge in [-0.15, -0.1) is 0 Å². The third-order valence-corrected chi connectivity index (χ3v) is 4.37. The van der Waals surface area contributed by atoms with Gasteiger partial charge >= 0.3 is 0 Å². The molecule has 24 heavy (non-hydrogen) atoms. The summed E-state index contributed by atoms with van der Waals surface area (Å²) in [4.78, 5) is 16.8. The van der Waals surface area contributed by atoms with E-state index in [-0.39, 0.29) is 11.7 Å². The lowest BCUT2D eigenvalue weighted by atomic mass is 10.2. The first-order chi connectivity index (χ1) is 11.7. The number of amides is 1. The first-order valence-corrected chi connectivity index (χ1v) is 8.82. The van der Waals surface area contributed by atoms with Crippen LogP contribution in [0.25, 0.3) is 16.7 Å². The Labute approximate surface area is 143 Å². The number of aromatic nitrogens is 3. The quantitative estimate of drug-likeness (QED) is 0.698. The molecule has 124 valence electrons. The summed E-state index contributed by atoms with van der Waals surface area (Å²) in [5.74, 6) is 1.32. The molecule has 0 atom stereocenters. The SMILES string of the molecule is CCSCCNC(=O)c1nn(-c2ccc(F)cc2)c2ncccc12. The van der Waals surface area contributed by atoms with Gasteiger partial charge in [-0.2, -0.15) is 16.9 Å². The fourth-order valence-electron chi connectivity index (χ4n) is 2.35. The zero-order valence-electron chi connectivity index (χ0n) is 13.2. The number of carbonyl (C=O) groups is 1. The Morgan fingerprint density at radius 3 is 2.83 bits per heavy atom. The van der Waals surface area contributed by atoms with Crippen molar-refractivity contribution < 1.29 is 9.18 Å². The minimum absolute atomic E-state index is 0.231. The van der Waals surface area contributed by atoms with E-state index in [0.717, 1.165) is 11.5 Å². The van der Waals surface area contributed by atoms with Crippen molar-refractivity contribution in [2.24, 2.45) is 0 Å². The monoisotopic (exact) mass is 344 g/mol. The number of nitrogens with zero attached hydrogens (tertiary/aromatic N) is 3. The molecule has 1 amide bonds. The Morgan fingerprint density at radius 2 is 2.08 bits per heavy atom. The second-order valence-electron chi connectivity index (χ2n) is 5.06. The van der Waals surface area contributed by atoms with Crippen LogP contribution in [0.5, 0.6) is 0 Å². The second kappa shape index (κ2) is 7.44. The summed E-state index contributed by atoms with van der Waals surface area (Å²) in [5, 5.41) is 7.95. The predicted octanol–water partition coefficient (Wildman–Crippen LogP) is 3.04. The summed E-state index contributed by atoms with van der Waals surface area (Å²) < 4.78 is 14.7. The second-order valence-corrected chi connectivity index (χ2v) is 6.46. The number of fused-ring (bicyclic) bond motifs is 1. The molecule has 0 bridgehead atoms. The Hall–Kier alpha value is -2.41. The Bertz CT molecular complexity index is 847. The zero-order chi connectivity index (χ0) is 16.9. The van der Waals surface area contributed by atoms with Crippen molar-refractivity contribution in [1.29, 1.82) is 0 Å². The molecule has 0 aliphatic carbocycles. The molecule has 7 heteroatoms. The molecular formula is C17H17FN4OS. The van der Waals surface area contributed by atoms with E-state index in [4.69, 9.17) is 0 Å². The van der Waals surface area contributed by atoms with E-state index >= 15 is 0 Å². The Kier molecular flexibility index (Phi) is 5.10. The van der Waals surface area contributed by atoms with Gasteiger partial charge in [0.05, 0.1) is 11.1 Å². The van der Waals surface area contributed by atoms with E-state index in [1.165, 1.54) is 12.1 Å². The summed E-state index contributed by atoms with van der Waals surface area (Å²) >= 11 is 1.76. The molecule has 3 rings (SSSR count). The molecule has 0 saturated heterocycles. The number of nitrogens with one attached hydrogen (secondary N) is 1. The molecule has 0 aliphatic heterocycles. The van der Waals surface area contributed by atoms with Gasteiger partial charge in [-0.25, -0.2) is 14.1 Å². The number of hydrogen-bond acceptors (Lipinski definition) is 4. The number of thioether (sulfide) groups is 1. The average Bonchev–Trinajstić information content (AvgIpc) is 2.99. The molecule has 0 radical (unpaired) electrons. The van der Waals surface area contributed by atoms with Gasteiger partial charge in [0.15, 0.2) is 11.3 Å². The molecule has 5 nitrogen and oxygen atoms in total. The highest BCUT2D eigenvalue weighted by Gasteiger charge is 2.18. The molecular weight excluding hydrogens is 327 g/mol. The summed E-state index contributed by atoms with van der Waals surface area (Å²) in [6.45, 7) is 2.67. The van der Waals surface area contributed by atoms with Crippen LogP contribution in [0.2, 0.25) is 0 Å². The maximum atomic E-state index is 13.1. The summed E-state index contributed by atoms with van der Waals surface area (Å²) in [5.41, 5.74) is 1.54. The smallest absolute Gasteiger partial charge is 0.272 e. The van der Waals surface area contributed by atoms with Gasteiger partial charge in [-0.3, -0.25) is 4.79 Å². The number of rotatable bonds is 6. The highest BCUT2D eigenvalue weighted by atomic mass is 32.2. The van der Waals surface area contributed by atoms with Gasteiger partial charge in [-0.05, 0) is 42.2 Å². The standard InChI is InChI=1S/C17H17FN4OS/c1-2-24-11-10-20-17(23)15-14-4-3-9-19-16(14)22(21-15)13-7-5-12(18)6-8-13/h3-9H,2,10-11H2,1H3,(H,20,23). The first kappa shape index (κ1) is 16.4. The zero-order valence-corrected chi connectivity index (χ0v) is 14.0. The van der Waals surface area contributed by atoms with Crippen LogP contribution in [0.3, 0.4) is 0 Å². The van der Waals surface area contributed by atoms with Crippen molar-refractivity contribution >= 4 is 28.7 Å². The highest BCUT2D eigenvalue weighted by molar-refractivity contribution is 7.99. The molecule has 0 aliphatic rings. The number of carbonyl (C=O) groups excluding carboxylic acids is 1. The van der Waals surface area contributed by atoms with Crippen molar-refractivity contribution in [2.45, 2.75) is 6.92 Å². The lowest BCUT2D eigenvalue weighted by Crippen LogP contribution is -2.26.